The molecule has 5 nitrogen and oxygen atoms in total. The first-order valence-electron chi connectivity index (χ1n) is 9.76. The number of esters is 1. The van der Waals surface area contributed by atoms with Crippen LogP contribution < -0.4 is 4.74 Å². The number of ether oxygens (including phenoxy) is 2. The maximum absolute atomic E-state index is 11.9. The van der Waals surface area contributed by atoms with E-state index in [4.69, 9.17) is 14.5 Å². The molecule has 152 valence electrons. The Labute approximate surface area is 175 Å². The molecule has 29 heavy (non-hydrogen) atoms. The lowest BCUT2D eigenvalue weighted by Gasteiger charge is -2.22. The van der Waals surface area contributed by atoms with E-state index in [0.29, 0.717) is 13.2 Å². The fraction of sp³-hybridized carbons (Fsp3) is 0.348. The first kappa shape index (κ1) is 21.0. The molecule has 1 aromatic carbocycles. The number of hydrogen-bond acceptors (Lipinski definition) is 6. The fourth-order valence-corrected chi connectivity index (χ4v) is 3.70. The third-order valence-electron chi connectivity index (χ3n) is 4.61. The molecule has 0 unspecified atom stereocenters. The van der Waals surface area contributed by atoms with Crippen molar-refractivity contribution in [2.24, 2.45) is 5.41 Å². The van der Waals surface area contributed by atoms with Gasteiger partial charge in [-0.15, -0.1) is 11.3 Å². The van der Waals surface area contributed by atoms with Gasteiger partial charge in [0.05, 0.1) is 24.3 Å². The van der Waals surface area contributed by atoms with E-state index in [9.17, 15) is 4.79 Å². The van der Waals surface area contributed by atoms with Crippen LogP contribution in [0.4, 0.5) is 0 Å². The molecule has 0 amide bonds. The van der Waals surface area contributed by atoms with Gasteiger partial charge in [0.2, 0.25) is 0 Å². The Hall–Kier alpha value is -2.73. The Bertz CT molecular complexity index is 921. The number of benzene rings is 1. The molecule has 0 aliphatic carbocycles. The number of pyridine rings is 1. The van der Waals surface area contributed by atoms with Gasteiger partial charge in [-0.2, -0.15) is 0 Å². The van der Waals surface area contributed by atoms with E-state index in [2.05, 4.69) is 10.4 Å². The van der Waals surface area contributed by atoms with Crippen molar-refractivity contribution in [1.82, 2.24) is 9.97 Å². The number of thiazole rings is 1. The van der Waals surface area contributed by atoms with Crippen LogP contribution in [-0.4, -0.2) is 29.2 Å². The Morgan fingerprint density at radius 1 is 1.14 bits per heavy atom. The normalized spacial score (nSPS) is 11.3. The quantitative estimate of drug-likeness (QED) is 0.338. The van der Waals surface area contributed by atoms with Crippen molar-refractivity contribution in [3.63, 3.8) is 0 Å². The smallest absolute Gasteiger partial charge is 0.311 e. The summed E-state index contributed by atoms with van der Waals surface area (Å²) < 4.78 is 10.9. The zero-order valence-electron chi connectivity index (χ0n) is 17.1. The van der Waals surface area contributed by atoms with Crippen LogP contribution in [0.3, 0.4) is 0 Å². The summed E-state index contributed by atoms with van der Waals surface area (Å²) in [5.41, 5.74) is 2.53. The van der Waals surface area contributed by atoms with Crippen LogP contribution in [-0.2, 0) is 9.53 Å². The molecule has 0 N–H and O–H groups in total. The van der Waals surface area contributed by atoms with Crippen molar-refractivity contribution in [3.05, 3.63) is 54.2 Å². The largest absolute Gasteiger partial charge is 0.494 e. The molecule has 0 bridgehead atoms. The van der Waals surface area contributed by atoms with Crippen molar-refractivity contribution in [2.75, 3.05) is 13.2 Å². The maximum Gasteiger partial charge on any atom is 0.311 e. The van der Waals surface area contributed by atoms with Crippen molar-refractivity contribution >= 4 is 17.3 Å². The summed E-state index contributed by atoms with van der Waals surface area (Å²) in [6.07, 6.45) is 5.09. The first-order chi connectivity index (χ1) is 14.0. The molecule has 0 saturated carbocycles. The van der Waals surface area contributed by atoms with Crippen LogP contribution in [0.1, 0.15) is 33.6 Å². The zero-order valence-corrected chi connectivity index (χ0v) is 17.9. The van der Waals surface area contributed by atoms with Gasteiger partial charge in [0.25, 0.3) is 0 Å². The molecular formula is C23H26N2O3S. The van der Waals surface area contributed by atoms with Gasteiger partial charge < -0.3 is 9.47 Å². The number of carbonyl (C=O) groups excluding carboxylic acids is 1. The molecule has 3 aromatic rings. The zero-order chi connectivity index (χ0) is 20.7. The van der Waals surface area contributed by atoms with Crippen LogP contribution in [0.5, 0.6) is 5.75 Å². The van der Waals surface area contributed by atoms with Gasteiger partial charge in [-0.3, -0.25) is 9.78 Å². The molecule has 6 heteroatoms. The Balaban J connectivity index is 1.52. The molecule has 0 aliphatic rings. The van der Waals surface area contributed by atoms with Crippen LogP contribution in [0, 0.1) is 5.41 Å². The number of rotatable bonds is 9. The highest BCUT2D eigenvalue weighted by atomic mass is 32.1. The van der Waals surface area contributed by atoms with Crippen molar-refractivity contribution in [2.45, 2.75) is 33.6 Å². The van der Waals surface area contributed by atoms with Crippen LogP contribution >= 0.6 is 11.3 Å². The van der Waals surface area contributed by atoms with E-state index in [1.807, 2.05) is 63.4 Å². The van der Waals surface area contributed by atoms with Gasteiger partial charge in [-0.1, -0.05) is 0 Å². The fourth-order valence-electron chi connectivity index (χ4n) is 2.88. The summed E-state index contributed by atoms with van der Waals surface area (Å²) in [5, 5.41) is 3.01. The van der Waals surface area contributed by atoms with Gasteiger partial charge in [0, 0.05) is 28.9 Å². The summed E-state index contributed by atoms with van der Waals surface area (Å²) in [7, 11) is 0. The lowest BCUT2D eigenvalue weighted by Crippen LogP contribution is -2.27. The van der Waals surface area contributed by atoms with E-state index >= 15 is 0 Å². The standard InChI is InChI=1S/C23H26N2O3S/c1-4-27-22(26)23(2,3)12-6-14-28-19-10-8-17(9-11-19)20-16-29-21(25-20)18-7-5-13-24-15-18/h5,7-11,13,15-16H,4,6,12,14H2,1-3H3. The highest BCUT2D eigenvalue weighted by molar-refractivity contribution is 7.13. The summed E-state index contributed by atoms with van der Waals surface area (Å²) in [6, 6.07) is 11.9. The van der Waals surface area contributed by atoms with Gasteiger partial charge >= 0.3 is 5.97 Å². The molecule has 2 heterocycles. The summed E-state index contributed by atoms with van der Waals surface area (Å²) in [4.78, 5) is 20.8. The van der Waals surface area contributed by atoms with E-state index in [1.165, 1.54) is 0 Å². The second kappa shape index (κ2) is 9.65. The molecule has 0 fully saturated rings. The average Bonchev–Trinajstić information content (AvgIpc) is 3.23. The van der Waals surface area contributed by atoms with Crippen molar-refractivity contribution < 1.29 is 14.3 Å². The molecule has 0 atom stereocenters. The topological polar surface area (TPSA) is 61.3 Å². The summed E-state index contributed by atoms with van der Waals surface area (Å²) >= 11 is 1.61. The Kier molecular flexibility index (Phi) is 6.99. The van der Waals surface area contributed by atoms with E-state index in [0.717, 1.165) is 40.4 Å². The van der Waals surface area contributed by atoms with Gasteiger partial charge in [0.15, 0.2) is 0 Å². The predicted molar refractivity (Wildman–Crippen MR) is 116 cm³/mol. The maximum atomic E-state index is 11.9. The monoisotopic (exact) mass is 410 g/mol. The molecule has 2 aromatic heterocycles. The lowest BCUT2D eigenvalue weighted by molar-refractivity contribution is -0.153. The second-order valence-corrected chi connectivity index (χ2v) is 8.22. The van der Waals surface area contributed by atoms with Gasteiger partial charge in [-0.25, -0.2) is 4.98 Å². The van der Waals surface area contributed by atoms with Crippen LogP contribution in [0.15, 0.2) is 54.2 Å². The van der Waals surface area contributed by atoms with Crippen LogP contribution in [0.25, 0.3) is 21.8 Å². The Morgan fingerprint density at radius 2 is 1.93 bits per heavy atom. The molecule has 0 radical (unpaired) electrons. The molecule has 0 aliphatic heterocycles. The van der Waals surface area contributed by atoms with Crippen LogP contribution in [0.2, 0.25) is 0 Å². The van der Waals surface area contributed by atoms with Gasteiger partial charge in [-0.05, 0) is 70.0 Å². The third-order valence-corrected chi connectivity index (χ3v) is 5.50. The van der Waals surface area contributed by atoms with Crippen molar-refractivity contribution in [3.8, 4) is 27.6 Å². The number of carbonyl (C=O) groups is 1. The Morgan fingerprint density at radius 3 is 2.62 bits per heavy atom. The minimum Gasteiger partial charge on any atom is -0.494 e. The minimum atomic E-state index is -0.486. The number of nitrogens with zero attached hydrogens (tertiary/aromatic N) is 2. The van der Waals surface area contributed by atoms with Crippen molar-refractivity contribution in [1.29, 1.82) is 0 Å². The van der Waals surface area contributed by atoms with Gasteiger partial charge in [0.1, 0.15) is 10.8 Å². The minimum absolute atomic E-state index is 0.154. The molecule has 0 spiro atoms. The number of aromatic nitrogens is 2. The van der Waals surface area contributed by atoms with E-state index < -0.39 is 5.41 Å². The molecule has 3 rings (SSSR count). The predicted octanol–water partition coefficient (Wildman–Crippen LogP) is 5.62. The van der Waals surface area contributed by atoms with E-state index in [1.54, 1.807) is 17.5 Å². The number of hydrogen-bond donors (Lipinski definition) is 0. The van der Waals surface area contributed by atoms with E-state index in [-0.39, 0.29) is 5.97 Å². The first-order valence-corrected chi connectivity index (χ1v) is 10.6. The highest BCUT2D eigenvalue weighted by Gasteiger charge is 2.28. The molecular weight excluding hydrogens is 384 g/mol. The summed E-state index contributed by atoms with van der Waals surface area (Å²) in [5.74, 6) is 0.656. The summed E-state index contributed by atoms with van der Waals surface area (Å²) in [6.45, 7) is 6.62. The SMILES string of the molecule is CCOC(=O)C(C)(C)CCCOc1ccc(-c2csc(-c3cccnc3)n2)cc1. The average molecular weight is 411 g/mol. The second-order valence-electron chi connectivity index (χ2n) is 7.36. The third kappa shape index (κ3) is 5.64. The molecule has 0 saturated heterocycles. The highest BCUT2D eigenvalue weighted by Crippen LogP contribution is 2.29. The lowest BCUT2D eigenvalue weighted by atomic mass is 9.88.